The highest BCUT2D eigenvalue weighted by Crippen LogP contribution is 2.72. The number of nitrogens with zero attached hydrogens (tertiary/aromatic N) is 1. The molecule has 0 unspecified atom stereocenters. The fourth-order valence-corrected chi connectivity index (χ4v) is 5.60. The van der Waals surface area contributed by atoms with Gasteiger partial charge in [-0.2, -0.15) is 8.42 Å². The van der Waals surface area contributed by atoms with Crippen LogP contribution in [0.1, 0.15) is 0 Å². The summed E-state index contributed by atoms with van der Waals surface area (Å²) in [7, 11) is -6.34. The van der Waals surface area contributed by atoms with E-state index in [2.05, 4.69) is 4.99 Å². The van der Waals surface area contributed by atoms with Crippen LogP contribution < -0.4 is 5.73 Å². The van der Waals surface area contributed by atoms with Gasteiger partial charge in [0, 0.05) is 0 Å². The maximum Gasteiger partial charge on any atom is 0.438 e. The lowest BCUT2D eigenvalue weighted by Crippen LogP contribution is -2.35. The molecule has 1 spiro atoms. The van der Waals surface area contributed by atoms with Crippen LogP contribution in [0.5, 0.6) is 0 Å². The zero-order valence-corrected chi connectivity index (χ0v) is 8.92. The molecule has 0 radical (unpaired) electrons. The predicted molar refractivity (Wildman–Crippen MR) is 54.7 cm³/mol. The number of amidine groups is 1. The molecule has 8 heteroatoms. The summed E-state index contributed by atoms with van der Waals surface area (Å²) in [5.74, 6) is 0. The molecular weight excluding hydrogens is 240 g/mol. The average Bonchev–Trinajstić information content (AvgIpc) is 2.39. The van der Waals surface area contributed by atoms with Crippen LogP contribution in [0.4, 0.5) is 5.69 Å². The molecule has 15 heavy (non-hydrogen) atoms. The maximum absolute atomic E-state index is 10.9. The Balaban J connectivity index is 2.18. The molecule has 0 aromatic heterocycles. The Morgan fingerprint density at radius 1 is 1.20 bits per heavy atom. The zero-order chi connectivity index (χ0) is 10.7. The fraction of sp³-hybridized carbons (Fsp3) is 0. The standard InChI is InChI=1S/C7H6N2O4S2/c8-7-9-5-3-1-2-4-6(5)14(7)12-15(10,11)13-14/h1-4H,(H2,8,9). The smallest absolute Gasteiger partial charge is 0.370 e. The van der Waals surface area contributed by atoms with Crippen LogP contribution in [0, 0.1) is 0 Å². The number of benzene rings is 1. The lowest BCUT2D eigenvalue weighted by molar-refractivity contribution is 0.351. The summed E-state index contributed by atoms with van der Waals surface area (Å²) in [6, 6.07) is 6.95. The fourth-order valence-electron chi connectivity index (χ4n) is 1.45. The van der Waals surface area contributed by atoms with Crippen LogP contribution in [0.25, 0.3) is 0 Å². The van der Waals surface area contributed by atoms with E-state index in [0.717, 1.165) is 0 Å². The zero-order valence-electron chi connectivity index (χ0n) is 7.28. The number of hydrogen-bond donors (Lipinski definition) is 1. The molecule has 2 aliphatic heterocycles. The van der Waals surface area contributed by atoms with Crippen molar-refractivity contribution in [3.63, 3.8) is 0 Å². The molecule has 1 aromatic rings. The summed E-state index contributed by atoms with van der Waals surface area (Å²) >= 11 is 0. The first-order valence-electron chi connectivity index (χ1n) is 3.97. The van der Waals surface area contributed by atoms with Crippen LogP contribution in [0.3, 0.4) is 0 Å². The molecule has 3 rings (SSSR count). The Morgan fingerprint density at radius 2 is 1.87 bits per heavy atom. The lowest BCUT2D eigenvalue weighted by atomic mass is 10.3. The second kappa shape index (κ2) is 2.53. The van der Waals surface area contributed by atoms with E-state index in [4.69, 9.17) is 13.0 Å². The lowest BCUT2D eigenvalue weighted by Gasteiger charge is -2.42. The predicted octanol–water partition coefficient (Wildman–Crippen LogP) is 0.932. The van der Waals surface area contributed by atoms with Crippen molar-refractivity contribution in [3.05, 3.63) is 24.3 Å². The SMILES string of the molecule is NC1=Nc2ccccc2S12OS(=O)(=O)O2. The van der Waals surface area contributed by atoms with Crippen LogP contribution in [-0.2, 0) is 17.7 Å². The Hall–Kier alpha value is -1.09. The highest BCUT2D eigenvalue weighted by atomic mass is 32.4. The van der Waals surface area contributed by atoms with Gasteiger partial charge in [-0.3, -0.25) is 0 Å². The summed E-state index contributed by atoms with van der Waals surface area (Å²) in [4.78, 5) is 4.60. The van der Waals surface area contributed by atoms with E-state index in [-0.39, 0.29) is 5.17 Å². The summed E-state index contributed by atoms with van der Waals surface area (Å²) in [5, 5.41) is 0.0820. The molecule has 1 fully saturated rings. The molecule has 1 aromatic carbocycles. The third-order valence-corrected chi connectivity index (χ3v) is 6.45. The highest BCUT2D eigenvalue weighted by molar-refractivity contribution is 8.47. The number of fused-ring (bicyclic) bond motifs is 2. The van der Waals surface area contributed by atoms with Crippen LogP contribution in [0.15, 0.2) is 34.2 Å². The molecule has 0 aliphatic carbocycles. The van der Waals surface area contributed by atoms with Crippen molar-refractivity contribution in [2.45, 2.75) is 4.90 Å². The number of para-hydroxylation sites is 1. The molecule has 0 bridgehead atoms. The van der Waals surface area contributed by atoms with E-state index in [1.165, 1.54) is 0 Å². The van der Waals surface area contributed by atoms with Crippen molar-refractivity contribution in [2.75, 3.05) is 0 Å². The molecule has 2 heterocycles. The molecule has 2 N–H and O–H groups in total. The van der Waals surface area contributed by atoms with Crippen molar-refractivity contribution in [1.82, 2.24) is 0 Å². The van der Waals surface area contributed by atoms with E-state index in [1.807, 2.05) is 0 Å². The van der Waals surface area contributed by atoms with Gasteiger partial charge in [0.05, 0.1) is 10.6 Å². The van der Waals surface area contributed by atoms with Crippen LogP contribution >= 0.6 is 10.6 Å². The van der Waals surface area contributed by atoms with Crippen molar-refractivity contribution in [1.29, 1.82) is 0 Å². The molecule has 80 valence electrons. The van der Waals surface area contributed by atoms with Gasteiger partial charge in [0.25, 0.3) is 0 Å². The quantitative estimate of drug-likeness (QED) is 0.735. The third-order valence-electron chi connectivity index (χ3n) is 2.02. The molecule has 2 aliphatic rings. The Kier molecular flexibility index (Phi) is 1.54. The summed E-state index contributed by atoms with van der Waals surface area (Å²) in [6.07, 6.45) is 0. The van der Waals surface area contributed by atoms with Gasteiger partial charge in [-0.25, -0.2) is 4.99 Å². The van der Waals surface area contributed by atoms with Gasteiger partial charge in [-0.15, -0.1) is 7.26 Å². The minimum absolute atomic E-state index is 0.0820. The first-order valence-corrected chi connectivity index (χ1v) is 6.79. The van der Waals surface area contributed by atoms with Crippen molar-refractivity contribution < 1.29 is 15.7 Å². The van der Waals surface area contributed by atoms with Crippen molar-refractivity contribution >= 4 is 31.8 Å². The largest absolute Gasteiger partial charge is 0.438 e. The van der Waals surface area contributed by atoms with E-state index in [9.17, 15) is 8.42 Å². The van der Waals surface area contributed by atoms with E-state index < -0.39 is 21.0 Å². The Bertz CT molecular complexity index is 568. The van der Waals surface area contributed by atoms with E-state index in [1.54, 1.807) is 24.3 Å². The van der Waals surface area contributed by atoms with Crippen LogP contribution in [-0.4, -0.2) is 13.6 Å². The molecular formula is C7H6N2O4S2. The maximum atomic E-state index is 10.9. The molecule has 0 amide bonds. The normalized spacial score (nSPS) is 26.5. The van der Waals surface area contributed by atoms with E-state index >= 15 is 0 Å². The topological polar surface area (TPSA) is 91.0 Å². The number of rotatable bonds is 0. The average molecular weight is 246 g/mol. The third kappa shape index (κ3) is 1.07. The van der Waals surface area contributed by atoms with Gasteiger partial charge in [0.1, 0.15) is 0 Å². The minimum Gasteiger partial charge on any atom is -0.370 e. The number of hydrogen-bond acceptors (Lipinski definition) is 6. The summed E-state index contributed by atoms with van der Waals surface area (Å²) in [5.41, 5.74) is 6.22. The van der Waals surface area contributed by atoms with Gasteiger partial charge in [-0.05, 0) is 12.1 Å². The van der Waals surface area contributed by atoms with E-state index in [0.29, 0.717) is 10.6 Å². The van der Waals surface area contributed by atoms with Crippen molar-refractivity contribution in [3.8, 4) is 0 Å². The first-order chi connectivity index (χ1) is 7.04. The van der Waals surface area contributed by atoms with Gasteiger partial charge in [0.2, 0.25) is 5.17 Å². The molecule has 0 atom stereocenters. The summed E-state index contributed by atoms with van der Waals surface area (Å²) in [6.45, 7) is 0. The number of aliphatic imine (C=N–C) groups is 1. The minimum atomic E-state index is -3.87. The van der Waals surface area contributed by atoms with Crippen molar-refractivity contribution in [2.24, 2.45) is 10.7 Å². The summed E-state index contributed by atoms with van der Waals surface area (Å²) < 4.78 is 31.3. The molecule has 0 saturated carbocycles. The number of nitrogens with two attached hydrogens (primary N) is 1. The Labute approximate surface area is 87.8 Å². The Morgan fingerprint density at radius 3 is 2.53 bits per heavy atom. The second-order valence-corrected chi connectivity index (χ2v) is 6.74. The van der Waals surface area contributed by atoms with Gasteiger partial charge in [0.15, 0.2) is 0 Å². The van der Waals surface area contributed by atoms with Crippen LogP contribution in [0.2, 0.25) is 0 Å². The molecule has 6 nitrogen and oxygen atoms in total. The molecule has 1 saturated heterocycles. The monoisotopic (exact) mass is 246 g/mol. The van der Waals surface area contributed by atoms with Gasteiger partial charge in [-0.1, -0.05) is 22.7 Å². The highest BCUT2D eigenvalue weighted by Gasteiger charge is 2.53. The second-order valence-electron chi connectivity index (χ2n) is 2.97. The van der Waals surface area contributed by atoms with Gasteiger partial charge >= 0.3 is 10.4 Å². The van der Waals surface area contributed by atoms with Gasteiger partial charge < -0.3 is 5.73 Å². The first kappa shape index (κ1) is 9.16.